The Hall–Kier alpha value is -3.75. The predicted molar refractivity (Wildman–Crippen MR) is 140 cm³/mol. The van der Waals surface area contributed by atoms with E-state index in [2.05, 4.69) is 11.9 Å². The van der Waals surface area contributed by atoms with Gasteiger partial charge in [-0.05, 0) is 60.7 Å². The van der Waals surface area contributed by atoms with Crippen LogP contribution in [0, 0.1) is 0 Å². The highest BCUT2D eigenvalue weighted by molar-refractivity contribution is 5.95. The van der Waals surface area contributed by atoms with Crippen LogP contribution in [0.15, 0.2) is 73.1 Å². The van der Waals surface area contributed by atoms with E-state index in [4.69, 9.17) is 14.6 Å². The number of nitrogens with zero attached hydrogens (tertiary/aromatic N) is 2. The molecule has 1 saturated carbocycles. The predicted octanol–water partition coefficient (Wildman–Crippen LogP) is 4.81. The molecule has 37 heavy (non-hydrogen) atoms. The van der Waals surface area contributed by atoms with Gasteiger partial charge < -0.3 is 20.1 Å². The lowest BCUT2D eigenvalue weighted by molar-refractivity contribution is -0.259. The second-order valence-corrected chi connectivity index (χ2v) is 8.87. The molecule has 1 heterocycles. The first kappa shape index (κ1) is 27.8. The van der Waals surface area contributed by atoms with Gasteiger partial charge in [0.25, 0.3) is 18.3 Å². The highest BCUT2D eigenvalue weighted by Gasteiger charge is 2.48. The fraction of sp³-hybridized carbons (Fsp3) is 0.345. The largest absolute Gasteiger partial charge is 0.493 e. The van der Waals surface area contributed by atoms with E-state index in [1.165, 1.54) is 4.90 Å². The number of ether oxygens (including phenoxy) is 1. The Morgan fingerprint density at radius 1 is 1.03 bits per heavy atom. The van der Waals surface area contributed by atoms with E-state index in [1.807, 2.05) is 24.3 Å². The second-order valence-electron chi connectivity index (χ2n) is 8.87. The van der Waals surface area contributed by atoms with Crippen molar-refractivity contribution in [3.63, 3.8) is 0 Å². The van der Waals surface area contributed by atoms with Crippen LogP contribution in [0.3, 0.4) is 0 Å². The summed E-state index contributed by atoms with van der Waals surface area (Å²) in [5, 5.41) is 29.5. The number of carbonyl (C=O) groups excluding carboxylic acids is 1. The molecule has 2 aromatic carbocycles. The number of para-hydroxylation sites is 1. The topological polar surface area (TPSA) is 120 Å². The van der Waals surface area contributed by atoms with Crippen LogP contribution in [0.5, 0.6) is 5.75 Å². The maximum absolute atomic E-state index is 13.5. The Morgan fingerprint density at radius 2 is 1.73 bits per heavy atom. The molecule has 4 rings (SSSR count). The van der Waals surface area contributed by atoms with Gasteiger partial charge in [0.1, 0.15) is 5.75 Å². The average Bonchev–Trinajstić information content (AvgIpc) is 3.75. The lowest BCUT2D eigenvalue weighted by Gasteiger charge is -2.36. The molecular weight excluding hydrogens is 472 g/mol. The van der Waals surface area contributed by atoms with Crippen molar-refractivity contribution in [1.29, 1.82) is 0 Å². The lowest BCUT2D eigenvalue weighted by atomic mass is 10.0. The number of unbranched alkanes of at least 4 members (excludes halogenated alkanes) is 3. The van der Waals surface area contributed by atoms with Crippen molar-refractivity contribution in [1.82, 2.24) is 9.88 Å². The van der Waals surface area contributed by atoms with Gasteiger partial charge in [0.2, 0.25) is 0 Å². The molecule has 0 atom stereocenters. The Labute approximate surface area is 217 Å². The van der Waals surface area contributed by atoms with Crippen molar-refractivity contribution in [3.05, 3.63) is 84.2 Å². The molecule has 1 aliphatic carbocycles. The van der Waals surface area contributed by atoms with E-state index >= 15 is 0 Å². The van der Waals surface area contributed by atoms with E-state index in [0.29, 0.717) is 17.9 Å². The molecular formula is C29H34N2O6. The SMILES string of the molecule is CCCCCCOc1ccccc1C(O)(O)N(C(=O)c1ccc(-c2cccnc2)cc1)C1CC1.O=CO. The average molecular weight is 507 g/mol. The quantitative estimate of drug-likeness (QED) is 0.194. The number of pyridine rings is 1. The van der Waals surface area contributed by atoms with Crippen LogP contribution in [-0.4, -0.2) is 50.2 Å². The summed E-state index contributed by atoms with van der Waals surface area (Å²) in [5.41, 5.74) is 2.45. The van der Waals surface area contributed by atoms with Crippen LogP contribution < -0.4 is 4.74 Å². The Bertz CT molecular complexity index is 1130. The van der Waals surface area contributed by atoms with Gasteiger partial charge in [-0.3, -0.25) is 19.5 Å². The molecule has 1 aliphatic rings. The molecule has 8 nitrogen and oxygen atoms in total. The Balaban J connectivity index is 0.00000121. The molecule has 196 valence electrons. The van der Waals surface area contributed by atoms with Gasteiger partial charge in [0, 0.05) is 24.0 Å². The van der Waals surface area contributed by atoms with E-state index in [0.717, 1.165) is 49.7 Å². The van der Waals surface area contributed by atoms with Crippen LogP contribution >= 0.6 is 0 Å². The smallest absolute Gasteiger partial charge is 0.290 e. The minimum Gasteiger partial charge on any atom is -0.493 e. The van der Waals surface area contributed by atoms with Gasteiger partial charge in [-0.15, -0.1) is 0 Å². The molecule has 0 saturated heterocycles. The Kier molecular flexibility index (Phi) is 10.2. The fourth-order valence-corrected chi connectivity index (χ4v) is 4.08. The zero-order valence-corrected chi connectivity index (χ0v) is 21.0. The normalized spacial score (nSPS) is 12.7. The Morgan fingerprint density at radius 3 is 2.35 bits per heavy atom. The molecule has 3 N–H and O–H groups in total. The van der Waals surface area contributed by atoms with Gasteiger partial charge in [-0.1, -0.05) is 56.5 Å². The van der Waals surface area contributed by atoms with Crippen molar-refractivity contribution >= 4 is 12.4 Å². The van der Waals surface area contributed by atoms with Crippen molar-refractivity contribution in [2.24, 2.45) is 0 Å². The van der Waals surface area contributed by atoms with Gasteiger partial charge >= 0.3 is 0 Å². The van der Waals surface area contributed by atoms with Crippen molar-refractivity contribution in [3.8, 4) is 16.9 Å². The number of benzene rings is 2. The molecule has 0 aliphatic heterocycles. The molecule has 0 spiro atoms. The summed E-state index contributed by atoms with van der Waals surface area (Å²) in [7, 11) is 0. The molecule has 0 bridgehead atoms. The summed E-state index contributed by atoms with van der Waals surface area (Å²) in [6.07, 6.45) is 9.14. The number of hydrogen-bond donors (Lipinski definition) is 3. The summed E-state index contributed by atoms with van der Waals surface area (Å²) in [6, 6.07) is 17.5. The van der Waals surface area contributed by atoms with Gasteiger partial charge in [0.15, 0.2) is 0 Å². The highest BCUT2D eigenvalue weighted by Crippen LogP contribution is 2.40. The standard InChI is InChI=1S/C28H32N2O4.CH2O2/c1-2-3-4-7-19-34-26-11-6-5-10-25(26)28(32,33)30(24-16-17-24)27(31)22-14-12-21(13-15-22)23-9-8-18-29-20-23;2-1-3/h5-6,8-15,18,20,24,32-33H,2-4,7,16-17,19H2,1H3;1H,(H,2,3). The third-order valence-electron chi connectivity index (χ3n) is 6.10. The first-order valence-electron chi connectivity index (χ1n) is 12.5. The number of carboxylic acid groups (broad SMARTS) is 1. The van der Waals surface area contributed by atoms with E-state index in [-0.39, 0.29) is 18.1 Å². The summed E-state index contributed by atoms with van der Waals surface area (Å²) in [6.45, 7) is 2.39. The van der Waals surface area contributed by atoms with Crippen molar-refractivity contribution in [2.75, 3.05) is 6.61 Å². The van der Waals surface area contributed by atoms with Gasteiger partial charge in [-0.25, -0.2) is 0 Å². The van der Waals surface area contributed by atoms with Gasteiger partial charge in [0.05, 0.1) is 12.2 Å². The van der Waals surface area contributed by atoms with E-state index in [1.54, 1.807) is 48.8 Å². The number of hydrogen-bond acceptors (Lipinski definition) is 6. The van der Waals surface area contributed by atoms with Crippen LogP contribution in [0.25, 0.3) is 11.1 Å². The molecule has 0 unspecified atom stereocenters. The molecule has 3 aromatic rings. The monoisotopic (exact) mass is 506 g/mol. The maximum Gasteiger partial charge on any atom is 0.290 e. The van der Waals surface area contributed by atoms with E-state index < -0.39 is 11.8 Å². The third kappa shape index (κ3) is 7.38. The third-order valence-corrected chi connectivity index (χ3v) is 6.10. The molecule has 1 aromatic heterocycles. The number of amides is 1. The van der Waals surface area contributed by atoms with Crippen LogP contribution in [0.1, 0.15) is 61.4 Å². The number of rotatable bonds is 11. The first-order valence-corrected chi connectivity index (χ1v) is 12.5. The van der Waals surface area contributed by atoms with Gasteiger partial charge in [-0.2, -0.15) is 0 Å². The lowest BCUT2D eigenvalue weighted by Crippen LogP contribution is -2.51. The van der Waals surface area contributed by atoms with Crippen LogP contribution in [0.2, 0.25) is 0 Å². The minimum atomic E-state index is -2.49. The number of carbonyl (C=O) groups is 2. The van der Waals surface area contributed by atoms with Crippen LogP contribution in [0.4, 0.5) is 0 Å². The summed E-state index contributed by atoms with van der Waals surface area (Å²) in [5.74, 6) is -2.53. The molecule has 1 fully saturated rings. The summed E-state index contributed by atoms with van der Waals surface area (Å²) < 4.78 is 5.91. The molecule has 1 amide bonds. The molecule has 0 radical (unpaired) electrons. The molecule has 8 heteroatoms. The first-order chi connectivity index (χ1) is 17.9. The van der Waals surface area contributed by atoms with Crippen molar-refractivity contribution in [2.45, 2.75) is 57.4 Å². The summed E-state index contributed by atoms with van der Waals surface area (Å²) in [4.78, 5) is 27.2. The maximum atomic E-state index is 13.5. The minimum absolute atomic E-state index is 0.178. The van der Waals surface area contributed by atoms with E-state index in [9.17, 15) is 15.0 Å². The fourth-order valence-electron chi connectivity index (χ4n) is 4.08. The number of aromatic nitrogens is 1. The zero-order valence-electron chi connectivity index (χ0n) is 21.0. The van der Waals surface area contributed by atoms with Crippen molar-refractivity contribution < 1.29 is 29.6 Å². The highest BCUT2D eigenvalue weighted by atomic mass is 16.5. The second kappa shape index (κ2) is 13.5. The zero-order chi connectivity index (χ0) is 26.7. The number of aliphatic hydroxyl groups is 2. The van der Waals surface area contributed by atoms with Crippen LogP contribution in [-0.2, 0) is 10.7 Å². The summed E-state index contributed by atoms with van der Waals surface area (Å²) >= 11 is 0.